The molecule has 4 heteroatoms. The molecule has 0 saturated carbocycles. The van der Waals surface area contributed by atoms with Crippen LogP contribution in [0.4, 0.5) is 0 Å². The molecule has 0 unspecified atom stereocenters. The van der Waals surface area contributed by atoms with Crippen LogP contribution in [-0.2, 0) is 16.1 Å². The number of hydrogen-bond donors (Lipinski definition) is 0. The van der Waals surface area contributed by atoms with Crippen LogP contribution in [0.25, 0.3) is 0 Å². The lowest BCUT2D eigenvalue weighted by atomic mass is 9.80. The molecule has 3 nitrogen and oxygen atoms in total. The second-order valence-electron chi connectivity index (χ2n) is 6.39. The summed E-state index contributed by atoms with van der Waals surface area (Å²) < 4.78 is 5.33. The first-order chi connectivity index (χ1) is 11.8. The molecule has 0 spiro atoms. The molecule has 0 radical (unpaired) electrons. The number of halogens is 1. The van der Waals surface area contributed by atoms with Crippen molar-refractivity contribution in [1.29, 1.82) is 0 Å². The van der Waals surface area contributed by atoms with E-state index in [4.69, 9.17) is 4.74 Å². The molecule has 1 saturated heterocycles. The van der Waals surface area contributed by atoms with Gasteiger partial charge in [0.15, 0.2) is 0 Å². The summed E-state index contributed by atoms with van der Waals surface area (Å²) in [7, 11) is 0. The molecule has 1 aliphatic rings. The first kappa shape index (κ1) is 19.5. The van der Waals surface area contributed by atoms with Crippen LogP contribution in [0, 0.1) is 5.92 Å². The molecule has 2 aromatic rings. The number of hydrogen-bond acceptors (Lipinski definition) is 3. The SMILES string of the molecule is CCOC(=O)[C@@H]1CCN(Cc2ccccc2)C[C@H]1c1ccccc1.Cl. The molecule has 1 fully saturated rings. The van der Waals surface area contributed by atoms with Crippen molar-refractivity contribution in [3.63, 3.8) is 0 Å². The van der Waals surface area contributed by atoms with E-state index in [9.17, 15) is 4.79 Å². The second-order valence-corrected chi connectivity index (χ2v) is 6.39. The number of benzene rings is 2. The normalized spacial score (nSPS) is 20.5. The smallest absolute Gasteiger partial charge is 0.309 e. The summed E-state index contributed by atoms with van der Waals surface area (Å²) in [6.45, 7) is 5.08. The second kappa shape index (κ2) is 9.59. The van der Waals surface area contributed by atoms with Gasteiger partial charge in [-0.2, -0.15) is 0 Å². The Balaban J connectivity index is 0.00000225. The number of nitrogens with zero attached hydrogens (tertiary/aromatic N) is 1. The fourth-order valence-corrected chi connectivity index (χ4v) is 3.57. The van der Waals surface area contributed by atoms with Crippen LogP contribution in [0.5, 0.6) is 0 Å². The van der Waals surface area contributed by atoms with Crippen LogP contribution < -0.4 is 0 Å². The molecule has 134 valence electrons. The molecule has 0 N–H and O–H groups in total. The quantitative estimate of drug-likeness (QED) is 0.746. The molecule has 3 rings (SSSR count). The van der Waals surface area contributed by atoms with Crippen molar-refractivity contribution >= 4 is 18.4 Å². The van der Waals surface area contributed by atoms with Crippen LogP contribution in [-0.4, -0.2) is 30.6 Å². The summed E-state index contributed by atoms with van der Waals surface area (Å²) in [6.07, 6.45) is 0.852. The van der Waals surface area contributed by atoms with Crippen LogP contribution in [0.15, 0.2) is 60.7 Å². The Bertz CT molecular complexity index is 647. The fraction of sp³-hybridized carbons (Fsp3) is 0.381. The van der Waals surface area contributed by atoms with Gasteiger partial charge >= 0.3 is 5.97 Å². The van der Waals surface area contributed by atoms with Gasteiger partial charge in [0, 0.05) is 19.0 Å². The Labute approximate surface area is 156 Å². The minimum absolute atomic E-state index is 0. The summed E-state index contributed by atoms with van der Waals surface area (Å²) in [5, 5.41) is 0. The van der Waals surface area contributed by atoms with Gasteiger partial charge in [-0.1, -0.05) is 60.7 Å². The van der Waals surface area contributed by atoms with Gasteiger partial charge in [0.2, 0.25) is 0 Å². The Morgan fingerprint density at radius 2 is 1.72 bits per heavy atom. The number of rotatable bonds is 5. The van der Waals surface area contributed by atoms with Crippen molar-refractivity contribution in [2.24, 2.45) is 5.92 Å². The molecule has 1 heterocycles. The standard InChI is InChI=1S/C21H25NO2.ClH/c1-2-24-21(23)19-13-14-22(15-17-9-5-3-6-10-17)16-20(19)18-11-7-4-8-12-18;/h3-12,19-20H,2,13-16H2,1H3;1H/t19-,20+;/m1./s1. The van der Waals surface area contributed by atoms with Gasteiger partial charge in [0.1, 0.15) is 0 Å². The van der Waals surface area contributed by atoms with E-state index in [0.29, 0.717) is 6.61 Å². The highest BCUT2D eigenvalue weighted by Crippen LogP contribution is 2.34. The predicted molar refractivity (Wildman–Crippen MR) is 103 cm³/mol. The van der Waals surface area contributed by atoms with Crippen LogP contribution >= 0.6 is 12.4 Å². The summed E-state index contributed by atoms with van der Waals surface area (Å²) in [4.78, 5) is 14.9. The lowest BCUT2D eigenvalue weighted by molar-refractivity contribution is -0.150. The van der Waals surface area contributed by atoms with Crippen molar-refractivity contribution in [3.05, 3.63) is 71.8 Å². The zero-order chi connectivity index (χ0) is 16.8. The van der Waals surface area contributed by atoms with Crippen molar-refractivity contribution < 1.29 is 9.53 Å². The maximum atomic E-state index is 12.4. The fourth-order valence-electron chi connectivity index (χ4n) is 3.57. The molecule has 0 amide bonds. The number of piperidine rings is 1. The van der Waals surface area contributed by atoms with E-state index in [0.717, 1.165) is 26.1 Å². The highest BCUT2D eigenvalue weighted by Gasteiger charge is 2.35. The average molecular weight is 360 g/mol. The van der Waals surface area contributed by atoms with E-state index >= 15 is 0 Å². The monoisotopic (exact) mass is 359 g/mol. The molecule has 1 aliphatic heterocycles. The molecule has 25 heavy (non-hydrogen) atoms. The third-order valence-electron chi connectivity index (χ3n) is 4.76. The van der Waals surface area contributed by atoms with E-state index in [-0.39, 0.29) is 30.2 Å². The van der Waals surface area contributed by atoms with Gasteiger partial charge in [0.05, 0.1) is 12.5 Å². The lowest BCUT2D eigenvalue weighted by Gasteiger charge is -2.37. The summed E-state index contributed by atoms with van der Waals surface area (Å²) in [6, 6.07) is 20.9. The first-order valence-corrected chi connectivity index (χ1v) is 8.75. The molecule has 2 atom stereocenters. The van der Waals surface area contributed by atoms with Gasteiger partial charge in [0.25, 0.3) is 0 Å². The van der Waals surface area contributed by atoms with Crippen LogP contribution in [0.3, 0.4) is 0 Å². The van der Waals surface area contributed by atoms with E-state index in [2.05, 4.69) is 41.3 Å². The van der Waals surface area contributed by atoms with E-state index in [1.54, 1.807) is 0 Å². The Hall–Kier alpha value is -1.84. The predicted octanol–water partition coefficient (Wildman–Crippen LogP) is 4.28. The maximum Gasteiger partial charge on any atom is 0.309 e. The van der Waals surface area contributed by atoms with E-state index in [1.807, 2.05) is 31.2 Å². The Morgan fingerprint density at radius 3 is 2.36 bits per heavy atom. The third kappa shape index (κ3) is 5.07. The van der Waals surface area contributed by atoms with Crippen molar-refractivity contribution in [2.75, 3.05) is 19.7 Å². The zero-order valence-corrected chi connectivity index (χ0v) is 15.5. The van der Waals surface area contributed by atoms with Gasteiger partial charge in [-0.25, -0.2) is 0 Å². The zero-order valence-electron chi connectivity index (χ0n) is 14.6. The first-order valence-electron chi connectivity index (χ1n) is 8.75. The maximum absolute atomic E-state index is 12.4. The molecular weight excluding hydrogens is 334 g/mol. The van der Waals surface area contributed by atoms with Gasteiger partial charge in [-0.3, -0.25) is 9.69 Å². The highest BCUT2D eigenvalue weighted by atomic mass is 35.5. The lowest BCUT2D eigenvalue weighted by Crippen LogP contribution is -2.42. The van der Waals surface area contributed by atoms with E-state index in [1.165, 1.54) is 11.1 Å². The largest absolute Gasteiger partial charge is 0.466 e. The minimum atomic E-state index is -0.0503. The number of carbonyl (C=O) groups excluding carboxylic acids is 1. The summed E-state index contributed by atoms with van der Waals surface area (Å²) >= 11 is 0. The molecule has 2 aromatic carbocycles. The Kier molecular flexibility index (Phi) is 7.48. The highest BCUT2D eigenvalue weighted by molar-refractivity contribution is 5.85. The summed E-state index contributed by atoms with van der Waals surface area (Å²) in [5.74, 6) is 0.104. The van der Waals surface area contributed by atoms with Gasteiger partial charge < -0.3 is 4.74 Å². The molecule has 0 aliphatic carbocycles. The number of esters is 1. The van der Waals surface area contributed by atoms with Crippen molar-refractivity contribution in [1.82, 2.24) is 4.90 Å². The topological polar surface area (TPSA) is 29.5 Å². The van der Waals surface area contributed by atoms with Crippen molar-refractivity contribution in [3.8, 4) is 0 Å². The molecular formula is C21H26ClNO2. The Morgan fingerprint density at radius 1 is 1.08 bits per heavy atom. The third-order valence-corrected chi connectivity index (χ3v) is 4.76. The number of carbonyl (C=O) groups is 1. The summed E-state index contributed by atoms with van der Waals surface area (Å²) in [5.41, 5.74) is 2.55. The van der Waals surface area contributed by atoms with E-state index < -0.39 is 0 Å². The van der Waals surface area contributed by atoms with Gasteiger partial charge in [-0.15, -0.1) is 12.4 Å². The molecule has 0 aromatic heterocycles. The molecule has 0 bridgehead atoms. The van der Waals surface area contributed by atoms with Crippen molar-refractivity contribution in [2.45, 2.75) is 25.8 Å². The number of ether oxygens (including phenoxy) is 1. The minimum Gasteiger partial charge on any atom is -0.466 e. The van der Waals surface area contributed by atoms with Gasteiger partial charge in [-0.05, 0) is 31.0 Å². The van der Waals surface area contributed by atoms with Crippen LogP contribution in [0.1, 0.15) is 30.4 Å². The average Bonchev–Trinajstić information content (AvgIpc) is 2.63. The number of likely N-dealkylation sites (tertiary alicyclic amines) is 1. The van der Waals surface area contributed by atoms with Crippen LogP contribution in [0.2, 0.25) is 0 Å².